The van der Waals surface area contributed by atoms with Crippen molar-refractivity contribution in [2.45, 2.75) is 6.92 Å². The molecule has 1 rings (SSSR count). The van der Waals surface area contributed by atoms with E-state index < -0.39 is 7.12 Å². The summed E-state index contributed by atoms with van der Waals surface area (Å²) in [5.74, 6) is 0. The molecule has 0 aliphatic rings. The molecule has 0 radical (unpaired) electrons. The molecule has 0 saturated carbocycles. The Balaban J connectivity index is 0.000000424. The van der Waals surface area contributed by atoms with Crippen molar-refractivity contribution < 1.29 is 14.8 Å². The Labute approximate surface area is 76.5 Å². The zero-order valence-electron chi connectivity index (χ0n) is 7.19. The number of hydrogen-bond donors (Lipinski definition) is 3. The predicted molar refractivity (Wildman–Crippen MR) is 49.4 cm³/mol. The molecule has 0 aromatic heterocycles. The van der Waals surface area contributed by atoms with Crippen molar-refractivity contribution in [2.75, 3.05) is 0 Å². The van der Waals surface area contributed by atoms with Crippen LogP contribution in [0.25, 0.3) is 0 Å². The molecule has 0 bridgehead atoms. The highest BCUT2D eigenvalue weighted by atomic mass is 16.4. The predicted octanol–water partition coefficient (Wildman–Crippen LogP) is -0.424. The minimum atomic E-state index is -1.35. The van der Waals surface area contributed by atoms with Gasteiger partial charge in [0.1, 0.15) is 0 Å². The topological polar surface area (TPSA) is 81.4 Å². The third-order valence-electron chi connectivity index (χ3n) is 1.38. The van der Waals surface area contributed by atoms with Gasteiger partial charge in [-0.2, -0.15) is 0 Å². The summed E-state index contributed by atoms with van der Waals surface area (Å²) in [4.78, 5) is 8.35. The number of isocyanates is 1. The van der Waals surface area contributed by atoms with Gasteiger partial charge in [0, 0.05) is 0 Å². The standard InChI is InChI=1S/C7H9BO2.CHNO/c1-6-2-4-7(5-3-6)8(9)10;2-1-3/h2-5,9-10H,1H3;2H. The number of nitrogens with one attached hydrogen (secondary N) is 1. The molecule has 0 unspecified atom stereocenters. The maximum atomic E-state index is 8.67. The van der Waals surface area contributed by atoms with E-state index in [0.717, 1.165) is 11.6 Å². The summed E-state index contributed by atoms with van der Waals surface area (Å²) in [5, 5.41) is 22.7. The van der Waals surface area contributed by atoms with Gasteiger partial charge in [-0.15, -0.1) is 0 Å². The summed E-state index contributed by atoms with van der Waals surface area (Å²) in [6.45, 7) is 1.95. The first-order chi connectivity index (χ1) is 6.11. The van der Waals surface area contributed by atoms with Crippen molar-refractivity contribution in [3.05, 3.63) is 29.8 Å². The van der Waals surface area contributed by atoms with Gasteiger partial charge in [-0.25, -0.2) is 10.2 Å². The molecule has 0 spiro atoms. The fourth-order valence-corrected chi connectivity index (χ4v) is 0.739. The van der Waals surface area contributed by atoms with Gasteiger partial charge in [0.15, 0.2) is 0 Å². The van der Waals surface area contributed by atoms with Crippen molar-refractivity contribution in [2.24, 2.45) is 0 Å². The van der Waals surface area contributed by atoms with Crippen LogP contribution in [-0.2, 0) is 4.79 Å². The molecule has 0 aliphatic carbocycles. The monoisotopic (exact) mass is 179 g/mol. The lowest BCUT2D eigenvalue weighted by Crippen LogP contribution is -2.29. The largest absolute Gasteiger partial charge is 0.488 e. The molecule has 3 N–H and O–H groups in total. The van der Waals surface area contributed by atoms with Crippen molar-refractivity contribution in [3.8, 4) is 0 Å². The van der Waals surface area contributed by atoms with E-state index in [-0.39, 0.29) is 0 Å². The first-order valence-electron chi connectivity index (χ1n) is 3.58. The Hall–Kier alpha value is -1.42. The molecule has 1 aromatic carbocycles. The average molecular weight is 179 g/mol. The van der Waals surface area contributed by atoms with Crippen LogP contribution in [-0.4, -0.2) is 23.2 Å². The lowest BCUT2D eigenvalue weighted by atomic mass is 9.80. The highest BCUT2D eigenvalue weighted by Crippen LogP contribution is 1.92. The fraction of sp³-hybridized carbons (Fsp3) is 0.125. The van der Waals surface area contributed by atoms with Gasteiger partial charge in [-0.1, -0.05) is 29.8 Å². The van der Waals surface area contributed by atoms with Crippen LogP contribution in [0, 0.1) is 12.3 Å². The van der Waals surface area contributed by atoms with Crippen molar-refractivity contribution in [1.82, 2.24) is 0 Å². The van der Waals surface area contributed by atoms with Crippen LogP contribution in [0.2, 0.25) is 0 Å². The van der Waals surface area contributed by atoms with E-state index in [1.165, 1.54) is 0 Å². The van der Waals surface area contributed by atoms with Crippen molar-refractivity contribution >= 4 is 18.7 Å². The van der Waals surface area contributed by atoms with E-state index in [4.69, 9.17) is 20.3 Å². The molecule has 0 amide bonds. The normalized spacial score (nSPS) is 7.92. The van der Waals surface area contributed by atoms with Gasteiger partial charge < -0.3 is 10.0 Å². The number of hydrogen-bond acceptors (Lipinski definition) is 4. The van der Waals surface area contributed by atoms with Gasteiger partial charge in [-0.3, -0.25) is 0 Å². The van der Waals surface area contributed by atoms with E-state index >= 15 is 0 Å². The van der Waals surface area contributed by atoms with Crippen LogP contribution in [0.5, 0.6) is 0 Å². The van der Waals surface area contributed by atoms with E-state index in [2.05, 4.69) is 0 Å². The Morgan fingerprint density at radius 2 is 1.69 bits per heavy atom. The molecule has 4 nitrogen and oxygen atoms in total. The van der Waals surface area contributed by atoms with Gasteiger partial charge in [0.05, 0.1) is 0 Å². The second-order valence-corrected chi connectivity index (χ2v) is 2.39. The Morgan fingerprint density at radius 1 is 1.31 bits per heavy atom. The van der Waals surface area contributed by atoms with Crippen LogP contribution in [0.3, 0.4) is 0 Å². The van der Waals surface area contributed by atoms with Crippen LogP contribution in [0.15, 0.2) is 24.3 Å². The van der Waals surface area contributed by atoms with Crippen molar-refractivity contribution in [3.63, 3.8) is 0 Å². The molecule has 13 heavy (non-hydrogen) atoms. The van der Waals surface area contributed by atoms with Gasteiger partial charge >= 0.3 is 7.12 Å². The number of benzene rings is 1. The first kappa shape index (κ1) is 11.6. The molecule has 5 heteroatoms. The molecule has 0 fully saturated rings. The third-order valence-corrected chi connectivity index (χ3v) is 1.38. The molecule has 0 atom stereocenters. The minimum absolute atomic E-state index is 0.533. The molecular weight excluding hydrogens is 169 g/mol. The van der Waals surface area contributed by atoms with E-state index in [9.17, 15) is 0 Å². The smallest absolute Gasteiger partial charge is 0.423 e. The average Bonchev–Trinajstić information content (AvgIpc) is 2.06. The maximum Gasteiger partial charge on any atom is 0.488 e. The van der Waals surface area contributed by atoms with E-state index in [1.807, 2.05) is 19.1 Å². The summed E-state index contributed by atoms with van der Waals surface area (Å²) in [5.41, 5.74) is 1.65. The van der Waals surface area contributed by atoms with Gasteiger partial charge in [0.2, 0.25) is 6.08 Å². The second kappa shape index (κ2) is 6.14. The lowest BCUT2D eigenvalue weighted by molar-refractivity contribution is 0.426. The summed E-state index contributed by atoms with van der Waals surface area (Å²) >= 11 is 0. The number of aryl methyl sites for hydroxylation is 1. The Kier molecular flexibility index (Phi) is 5.47. The molecule has 68 valence electrons. The second-order valence-electron chi connectivity index (χ2n) is 2.39. The highest BCUT2D eigenvalue weighted by Gasteiger charge is 2.08. The first-order valence-corrected chi connectivity index (χ1v) is 3.58. The summed E-state index contributed by atoms with van der Waals surface area (Å²) in [7, 11) is -1.35. The zero-order chi connectivity index (χ0) is 10.3. The number of carbonyl (C=O) groups excluding carboxylic acids is 1. The van der Waals surface area contributed by atoms with Crippen LogP contribution < -0.4 is 5.46 Å². The summed E-state index contributed by atoms with van der Waals surface area (Å²) in [6.07, 6.45) is 0.750. The fourth-order valence-electron chi connectivity index (χ4n) is 0.739. The lowest BCUT2D eigenvalue weighted by Gasteiger charge is -1.97. The van der Waals surface area contributed by atoms with Gasteiger partial charge in [-0.05, 0) is 12.4 Å². The molecule has 0 saturated heterocycles. The molecule has 0 aliphatic heterocycles. The van der Waals surface area contributed by atoms with Crippen LogP contribution in [0.1, 0.15) is 5.56 Å². The van der Waals surface area contributed by atoms with Crippen LogP contribution in [0.4, 0.5) is 0 Å². The quantitative estimate of drug-likeness (QED) is 0.311. The Bertz CT molecular complexity index is 278. The van der Waals surface area contributed by atoms with E-state index in [1.54, 1.807) is 12.1 Å². The SMILES string of the molecule is Cc1ccc(B(O)O)cc1.N=C=O. The minimum Gasteiger partial charge on any atom is -0.423 e. The maximum absolute atomic E-state index is 8.67. The summed E-state index contributed by atoms with van der Waals surface area (Å²) < 4.78 is 0. The highest BCUT2D eigenvalue weighted by molar-refractivity contribution is 6.58. The molecular formula is C8H10BNO3. The molecule has 0 heterocycles. The zero-order valence-corrected chi connectivity index (χ0v) is 7.19. The third kappa shape index (κ3) is 4.93. The van der Waals surface area contributed by atoms with E-state index in [0.29, 0.717) is 5.46 Å². The summed E-state index contributed by atoms with van der Waals surface area (Å²) in [6, 6.07) is 7.07. The Morgan fingerprint density at radius 3 is 2.00 bits per heavy atom. The van der Waals surface area contributed by atoms with Gasteiger partial charge in [0.25, 0.3) is 0 Å². The number of rotatable bonds is 1. The van der Waals surface area contributed by atoms with Crippen LogP contribution >= 0.6 is 0 Å². The van der Waals surface area contributed by atoms with Crippen molar-refractivity contribution in [1.29, 1.82) is 5.41 Å². The molecule has 1 aromatic rings.